The van der Waals surface area contributed by atoms with Crippen LogP contribution in [0.4, 0.5) is 0 Å². The molecule has 0 fully saturated rings. The van der Waals surface area contributed by atoms with Crippen molar-refractivity contribution in [2.75, 3.05) is 0 Å². The van der Waals surface area contributed by atoms with Gasteiger partial charge in [0.05, 0.1) is 0 Å². The lowest BCUT2D eigenvalue weighted by Crippen LogP contribution is -2.24. The first kappa shape index (κ1) is 8.57. The van der Waals surface area contributed by atoms with Crippen LogP contribution < -0.4 is 0 Å². The van der Waals surface area contributed by atoms with Crippen LogP contribution in [0.3, 0.4) is 0 Å². The molecule has 0 amide bonds. The Morgan fingerprint density at radius 2 is 2.20 bits per heavy atom. The van der Waals surface area contributed by atoms with Crippen molar-refractivity contribution in [2.24, 2.45) is 11.3 Å². The third-order valence-electron chi connectivity index (χ3n) is 2.71. The zero-order valence-electron chi connectivity index (χ0n) is 6.95. The number of allylic oxidation sites excluding steroid dienone is 2. The van der Waals surface area contributed by atoms with Gasteiger partial charge >= 0.3 is 0 Å². The van der Waals surface area contributed by atoms with Crippen LogP contribution >= 0.6 is 22.6 Å². The van der Waals surface area contributed by atoms with Crippen molar-refractivity contribution < 1.29 is 0 Å². The highest BCUT2D eigenvalue weighted by Gasteiger charge is 2.29. The molecule has 0 aliphatic heterocycles. The predicted octanol–water partition coefficient (Wildman–Crippen LogP) is 3.76. The summed E-state index contributed by atoms with van der Waals surface area (Å²) in [6.45, 7) is 7.06. The van der Waals surface area contributed by atoms with Gasteiger partial charge in [-0.2, -0.15) is 0 Å². The summed E-state index contributed by atoms with van der Waals surface area (Å²) in [6, 6.07) is 0. The van der Waals surface area contributed by atoms with E-state index in [1.165, 1.54) is 12.8 Å². The van der Waals surface area contributed by atoms with Gasteiger partial charge in [0.15, 0.2) is 0 Å². The Balaban J connectivity index is 2.78. The molecule has 0 heterocycles. The summed E-state index contributed by atoms with van der Waals surface area (Å²) in [5, 5.41) is 0. The highest BCUT2D eigenvalue weighted by Crippen LogP contribution is 2.42. The van der Waals surface area contributed by atoms with Gasteiger partial charge < -0.3 is 0 Å². The molecule has 1 rings (SSSR count). The molecule has 58 valence electrons. The molecule has 0 aromatic rings. The molecule has 0 aromatic carbocycles. The Morgan fingerprint density at radius 3 is 2.60 bits per heavy atom. The minimum absolute atomic E-state index is 0.533. The van der Waals surface area contributed by atoms with Crippen LogP contribution in [-0.4, -0.2) is 0 Å². The predicted molar refractivity (Wildman–Crippen MR) is 54.3 cm³/mol. The van der Waals surface area contributed by atoms with Gasteiger partial charge in [-0.05, 0) is 50.3 Å². The van der Waals surface area contributed by atoms with Crippen LogP contribution in [0, 0.1) is 11.3 Å². The zero-order chi connectivity index (χ0) is 7.78. The lowest BCUT2D eigenvalue weighted by molar-refractivity contribution is 0.243. The normalized spacial score (nSPS) is 31.6. The molecule has 0 radical (unpaired) electrons. The summed E-state index contributed by atoms with van der Waals surface area (Å²) in [5.74, 6) is 0.766. The molecule has 0 saturated carbocycles. The molecule has 0 bridgehead atoms. The maximum Gasteiger partial charge on any atom is -0.00840 e. The fourth-order valence-corrected chi connectivity index (χ4v) is 2.50. The van der Waals surface area contributed by atoms with Crippen LogP contribution in [0.25, 0.3) is 0 Å². The fourth-order valence-electron chi connectivity index (χ4n) is 1.35. The zero-order valence-corrected chi connectivity index (χ0v) is 9.10. The second kappa shape index (κ2) is 2.84. The number of hydrogen-bond donors (Lipinski definition) is 0. The Labute approximate surface area is 77.2 Å². The van der Waals surface area contributed by atoms with Crippen molar-refractivity contribution in [1.29, 1.82) is 0 Å². The van der Waals surface area contributed by atoms with E-state index in [0.29, 0.717) is 5.41 Å². The Kier molecular flexibility index (Phi) is 2.43. The quantitative estimate of drug-likeness (QED) is 0.574. The van der Waals surface area contributed by atoms with Gasteiger partial charge in [-0.15, -0.1) is 0 Å². The average Bonchev–Trinajstić information content (AvgIpc) is 1.83. The van der Waals surface area contributed by atoms with Crippen molar-refractivity contribution >= 4 is 22.6 Å². The van der Waals surface area contributed by atoms with E-state index in [4.69, 9.17) is 0 Å². The third kappa shape index (κ3) is 1.55. The van der Waals surface area contributed by atoms with E-state index in [0.717, 1.165) is 5.92 Å². The van der Waals surface area contributed by atoms with Crippen molar-refractivity contribution in [1.82, 2.24) is 0 Å². The van der Waals surface area contributed by atoms with E-state index in [2.05, 4.69) is 49.4 Å². The molecule has 0 aromatic heterocycles. The minimum atomic E-state index is 0.533. The van der Waals surface area contributed by atoms with E-state index in [-0.39, 0.29) is 0 Å². The van der Waals surface area contributed by atoms with Gasteiger partial charge in [0.1, 0.15) is 0 Å². The molecule has 1 heteroatoms. The molecule has 1 unspecified atom stereocenters. The molecule has 1 aliphatic rings. The smallest absolute Gasteiger partial charge is 0.00840 e. The van der Waals surface area contributed by atoms with Gasteiger partial charge in [-0.1, -0.05) is 26.8 Å². The topological polar surface area (TPSA) is 0 Å². The van der Waals surface area contributed by atoms with Crippen molar-refractivity contribution in [3.63, 3.8) is 0 Å². The van der Waals surface area contributed by atoms with E-state index < -0.39 is 0 Å². The molecule has 1 aliphatic carbocycles. The fraction of sp³-hybridized carbons (Fsp3) is 0.778. The molecule has 10 heavy (non-hydrogen) atoms. The number of rotatable bonds is 0. The number of hydrogen-bond acceptors (Lipinski definition) is 0. The second-order valence-electron chi connectivity index (χ2n) is 3.84. The molecule has 0 saturated heterocycles. The van der Waals surface area contributed by atoms with E-state index in [9.17, 15) is 0 Å². The van der Waals surface area contributed by atoms with Gasteiger partial charge in [0, 0.05) is 0 Å². The maximum absolute atomic E-state index is 2.47. The molecule has 1 atom stereocenters. The van der Waals surface area contributed by atoms with Gasteiger partial charge in [-0.25, -0.2) is 0 Å². The second-order valence-corrected chi connectivity index (χ2v) is 5.08. The van der Waals surface area contributed by atoms with Crippen LogP contribution in [-0.2, 0) is 0 Å². The van der Waals surface area contributed by atoms with Gasteiger partial charge in [0.25, 0.3) is 0 Å². The van der Waals surface area contributed by atoms with E-state index >= 15 is 0 Å². The Bertz CT molecular complexity index is 156. The molecule has 0 nitrogen and oxygen atoms in total. The van der Waals surface area contributed by atoms with Crippen molar-refractivity contribution in [3.8, 4) is 0 Å². The van der Waals surface area contributed by atoms with Crippen molar-refractivity contribution in [3.05, 3.63) is 9.66 Å². The van der Waals surface area contributed by atoms with Gasteiger partial charge in [-0.3, -0.25) is 0 Å². The SMILES string of the molecule is CC1C(I)=CCCC1(C)C. The van der Waals surface area contributed by atoms with Crippen LogP contribution in [0.2, 0.25) is 0 Å². The summed E-state index contributed by atoms with van der Waals surface area (Å²) in [7, 11) is 0. The third-order valence-corrected chi connectivity index (χ3v) is 4.09. The highest BCUT2D eigenvalue weighted by molar-refractivity contribution is 14.1. The Hall–Kier alpha value is 0.470. The lowest BCUT2D eigenvalue weighted by Gasteiger charge is -2.35. The molecular weight excluding hydrogens is 235 g/mol. The molecular formula is C9H15I. The summed E-state index contributed by atoms with van der Waals surface area (Å²) in [5.41, 5.74) is 0.533. The largest absolute Gasteiger partial charge is 0.0749 e. The van der Waals surface area contributed by atoms with Crippen LogP contribution in [0.15, 0.2) is 9.66 Å². The first-order valence-corrected chi connectivity index (χ1v) is 4.97. The first-order chi connectivity index (χ1) is 4.54. The maximum atomic E-state index is 2.47. The number of halogens is 1. The molecule has 0 N–H and O–H groups in total. The van der Waals surface area contributed by atoms with Crippen LogP contribution in [0.1, 0.15) is 33.6 Å². The summed E-state index contributed by atoms with van der Waals surface area (Å²) in [4.78, 5) is 0. The summed E-state index contributed by atoms with van der Waals surface area (Å²) >= 11 is 2.47. The standard InChI is InChI=1S/C9H15I/c1-7-8(10)5-4-6-9(7,2)3/h5,7H,4,6H2,1-3H3. The summed E-state index contributed by atoms with van der Waals surface area (Å²) in [6.07, 6.45) is 4.99. The van der Waals surface area contributed by atoms with Gasteiger partial charge in [0.2, 0.25) is 0 Å². The van der Waals surface area contributed by atoms with E-state index in [1.807, 2.05) is 0 Å². The van der Waals surface area contributed by atoms with Crippen molar-refractivity contribution in [2.45, 2.75) is 33.6 Å². The minimum Gasteiger partial charge on any atom is -0.0749 e. The average molecular weight is 250 g/mol. The molecule has 0 spiro atoms. The first-order valence-electron chi connectivity index (χ1n) is 3.89. The lowest BCUT2D eigenvalue weighted by atomic mass is 9.73. The van der Waals surface area contributed by atoms with E-state index in [1.54, 1.807) is 3.58 Å². The summed E-state index contributed by atoms with van der Waals surface area (Å²) < 4.78 is 1.55. The highest BCUT2D eigenvalue weighted by atomic mass is 127. The van der Waals surface area contributed by atoms with Crippen LogP contribution in [0.5, 0.6) is 0 Å². The Morgan fingerprint density at radius 1 is 1.60 bits per heavy atom. The monoisotopic (exact) mass is 250 g/mol.